The summed E-state index contributed by atoms with van der Waals surface area (Å²) in [7, 11) is 0. The van der Waals surface area contributed by atoms with Crippen LogP contribution < -0.4 is 0 Å². The first-order valence-electron chi connectivity index (χ1n) is 6.22. The number of aliphatic hydroxyl groups excluding tert-OH is 3. The summed E-state index contributed by atoms with van der Waals surface area (Å²) in [5.74, 6) is 1.08. The molecule has 4 nitrogen and oxygen atoms in total. The number of rotatable bonds is 2. The first-order chi connectivity index (χ1) is 7.67. The maximum Gasteiger partial charge on any atom is 0.155 e. The monoisotopic (exact) mass is 230 g/mol. The van der Waals surface area contributed by atoms with Crippen LogP contribution in [0.5, 0.6) is 0 Å². The summed E-state index contributed by atoms with van der Waals surface area (Å²) in [4.78, 5) is 0. The van der Waals surface area contributed by atoms with Crippen LogP contribution in [0.4, 0.5) is 0 Å². The van der Waals surface area contributed by atoms with Gasteiger partial charge in [0.2, 0.25) is 0 Å². The Balaban J connectivity index is 2.16. The maximum atomic E-state index is 9.62. The van der Waals surface area contributed by atoms with E-state index in [1.54, 1.807) is 0 Å². The Labute approximate surface area is 96.2 Å². The Bertz CT molecular complexity index is 233. The van der Waals surface area contributed by atoms with Crippen molar-refractivity contribution in [2.24, 2.45) is 23.7 Å². The molecule has 4 heteroatoms. The number of hydrogen-bond donors (Lipinski definition) is 3. The van der Waals surface area contributed by atoms with E-state index in [0.29, 0.717) is 6.42 Å². The molecule has 2 fully saturated rings. The van der Waals surface area contributed by atoms with E-state index in [9.17, 15) is 15.3 Å². The van der Waals surface area contributed by atoms with Gasteiger partial charge < -0.3 is 20.1 Å². The highest BCUT2D eigenvalue weighted by atomic mass is 16.6. The van der Waals surface area contributed by atoms with E-state index in [-0.39, 0.29) is 43.0 Å². The third-order valence-electron chi connectivity index (χ3n) is 4.41. The summed E-state index contributed by atoms with van der Waals surface area (Å²) in [6.45, 7) is 2.32. The van der Waals surface area contributed by atoms with Crippen molar-refractivity contribution in [3.05, 3.63) is 0 Å². The average molecular weight is 230 g/mol. The highest BCUT2D eigenvalue weighted by Gasteiger charge is 2.46. The molecule has 0 bridgehead atoms. The van der Waals surface area contributed by atoms with Gasteiger partial charge in [0.05, 0.1) is 6.10 Å². The molecule has 1 saturated heterocycles. The zero-order valence-corrected chi connectivity index (χ0v) is 9.75. The average Bonchev–Trinajstić information content (AvgIpc) is 2.27. The molecule has 0 aromatic rings. The Hall–Kier alpha value is -0.160. The molecule has 2 rings (SSSR count). The molecule has 0 spiro atoms. The Morgan fingerprint density at radius 1 is 1.12 bits per heavy atom. The van der Waals surface area contributed by atoms with Crippen molar-refractivity contribution in [2.45, 2.75) is 38.6 Å². The number of ether oxygens (including phenoxy) is 1. The lowest BCUT2D eigenvalue weighted by Gasteiger charge is -2.49. The zero-order chi connectivity index (χ0) is 11.7. The van der Waals surface area contributed by atoms with Crippen LogP contribution in [0, 0.1) is 23.7 Å². The maximum absolute atomic E-state index is 9.62. The van der Waals surface area contributed by atoms with Crippen molar-refractivity contribution in [3.63, 3.8) is 0 Å². The Kier molecular flexibility index (Phi) is 3.85. The van der Waals surface area contributed by atoms with Gasteiger partial charge in [0.25, 0.3) is 0 Å². The van der Waals surface area contributed by atoms with E-state index in [1.807, 2.05) is 6.92 Å². The van der Waals surface area contributed by atoms with Crippen molar-refractivity contribution < 1.29 is 20.1 Å². The summed E-state index contributed by atoms with van der Waals surface area (Å²) >= 11 is 0. The van der Waals surface area contributed by atoms with Crippen molar-refractivity contribution in [3.8, 4) is 0 Å². The summed E-state index contributed by atoms with van der Waals surface area (Å²) in [6, 6.07) is 0. The minimum atomic E-state index is -0.706. The fourth-order valence-corrected chi connectivity index (χ4v) is 3.65. The second-order valence-corrected chi connectivity index (χ2v) is 5.24. The normalized spacial score (nSPS) is 48.8. The smallest absolute Gasteiger partial charge is 0.155 e. The molecule has 0 aromatic carbocycles. The topological polar surface area (TPSA) is 69.9 Å². The van der Waals surface area contributed by atoms with Gasteiger partial charge in [-0.3, -0.25) is 0 Å². The molecule has 94 valence electrons. The summed E-state index contributed by atoms with van der Waals surface area (Å²) in [5.41, 5.74) is 0. The lowest BCUT2D eigenvalue weighted by Crippen LogP contribution is -2.50. The lowest BCUT2D eigenvalue weighted by molar-refractivity contribution is -0.222. The van der Waals surface area contributed by atoms with Crippen LogP contribution in [0.3, 0.4) is 0 Å². The van der Waals surface area contributed by atoms with Crippen LogP contribution in [-0.2, 0) is 4.74 Å². The number of fused-ring (bicyclic) bond motifs is 1. The SMILES string of the molecule is C[C@H]1OC(O)CC2C(CO)CCC(CO)C21. The second kappa shape index (κ2) is 5.00. The van der Waals surface area contributed by atoms with Crippen molar-refractivity contribution in [1.29, 1.82) is 0 Å². The first kappa shape index (κ1) is 12.3. The van der Waals surface area contributed by atoms with Gasteiger partial charge in [0.1, 0.15) is 0 Å². The largest absolute Gasteiger partial charge is 0.396 e. The van der Waals surface area contributed by atoms with Gasteiger partial charge in [-0.2, -0.15) is 0 Å². The van der Waals surface area contributed by atoms with Crippen LogP contribution in [0.1, 0.15) is 26.2 Å². The predicted molar refractivity (Wildman–Crippen MR) is 58.5 cm³/mol. The van der Waals surface area contributed by atoms with Crippen LogP contribution in [0.25, 0.3) is 0 Å². The summed E-state index contributed by atoms with van der Waals surface area (Å²) in [5, 5.41) is 28.4. The van der Waals surface area contributed by atoms with Gasteiger partial charge in [-0.25, -0.2) is 0 Å². The summed E-state index contributed by atoms with van der Waals surface area (Å²) in [6.07, 6.45) is 1.76. The van der Waals surface area contributed by atoms with Crippen molar-refractivity contribution in [2.75, 3.05) is 13.2 Å². The molecule has 6 atom stereocenters. The predicted octanol–water partition coefficient (Wildman–Crippen LogP) is 0.357. The van der Waals surface area contributed by atoms with Crippen molar-refractivity contribution >= 4 is 0 Å². The number of aliphatic hydroxyl groups is 3. The van der Waals surface area contributed by atoms with Gasteiger partial charge in [-0.05, 0) is 43.4 Å². The first-order valence-corrected chi connectivity index (χ1v) is 6.22. The second-order valence-electron chi connectivity index (χ2n) is 5.24. The molecule has 0 radical (unpaired) electrons. The molecule has 1 heterocycles. The quantitative estimate of drug-likeness (QED) is 0.640. The lowest BCUT2D eigenvalue weighted by atomic mass is 9.63. The zero-order valence-electron chi connectivity index (χ0n) is 9.75. The van der Waals surface area contributed by atoms with E-state index in [2.05, 4.69) is 0 Å². The van der Waals surface area contributed by atoms with Crippen LogP contribution in [0.15, 0.2) is 0 Å². The molecule has 0 amide bonds. The van der Waals surface area contributed by atoms with Crippen LogP contribution in [-0.4, -0.2) is 40.9 Å². The molecule has 16 heavy (non-hydrogen) atoms. The fraction of sp³-hybridized carbons (Fsp3) is 1.00. The molecule has 2 aliphatic rings. The molecular formula is C12H22O4. The highest BCUT2D eigenvalue weighted by molar-refractivity contribution is 4.92. The van der Waals surface area contributed by atoms with Gasteiger partial charge in [-0.15, -0.1) is 0 Å². The van der Waals surface area contributed by atoms with Gasteiger partial charge in [-0.1, -0.05) is 0 Å². The molecule has 5 unspecified atom stereocenters. The fourth-order valence-electron chi connectivity index (χ4n) is 3.65. The van der Waals surface area contributed by atoms with E-state index in [1.165, 1.54) is 0 Å². The third-order valence-corrected chi connectivity index (χ3v) is 4.41. The molecular weight excluding hydrogens is 208 g/mol. The standard InChI is InChI=1S/C12H22O4/c1-7-12-9(6-14)3-2-8(5-13)10(12)4-11(15)16-7/h7-15H,2-6H2,1H3/t7-,8?,9?,10?,11?,12?/m1/s1. The number of hydrogen-bond acceptors (Lipinski definition) is 4. The van der Waals surface area contributed by atoms with Gasteiger partial charge in [0.15, 0.2) is 6.29 Å². The van der Waals surface area contributed by atoms with E-state index < -0.39 is 6.29 Å². The summed E-state index contributed by atoms with van der Waals surface area (Å²) < 4.78 is 5.44. The molecule has 1 saturated carbocycles. The third kappa shape index (κ3) is 2.12. The van der Waals surface area contributed by atoms with E-state index in [4.69, 9.17) is 4.74 Å². The Morgan fingerprint density at radius 2 is 1.75 bits per heavy atom. The van der Waals surface area contributed by atoms with Crippen LogP contribution in [0.2, 0.25) is 0 Å². The highest BCUT2D eigenvalue weighted by Crippen LogP contribution is 2.46. The minimum Gasteiger partial charge on any atom is -0.396 e. The molecule has 3 N–H and O–H groups in total. The van der Waals surface area contributed by atoms with Gasteiger partial charge >= 0.3 is 0 Å². The molecule has 1 aliphatic heterocycles. The molecule has 1 aliphatic carbocycles. The van der Waals surface area contributed by atoms with E-state index in [0.717, 1.165) is 12.8 Å². The van der Waals surface area contributed by atoms with Crippen LogP contribution >= 0.6 is 0 Å². The molecule has 0 aromatic heterocycles. The Morgan fingerprint density at radius 3 is 2.38 bits per heavy atom. The van der Waals surface area contributed by atoms with Gasteiger partial charge in [0, 0.05) is 19.6 Å². The van der Waals surface area contributed by atoms with Crippen molar-refractivity contribution in [1.82, 2.24) is 0 Å². The minimum absolute atomic E-state index is 0.0275. The van der Waals surface area contributed by atoms with E-state index >= 15 is 0 Å².